The van der Waals surface area contributed by atoms with Gasteiger partial charge >= 0.3 is 0 Å². The highest BCUT2D eigenvalue weighted by molar-refractivity contribution is 5.80. The largest absolute Gasteiger partial charge is 0.493 e. The number of fused-ring (bicyclic) bond motifs is 1. The SMILES string of the molecule is Cc1ccccc1CN=C(NCc1nnc(C)n1C)NC1CCOc2ccccc21. The monoisotopic (exact) mass is 404 g/mol. The summed E-state index contributed by atoms with van der Waals surface area (Å²) < 4.78 is 7.79. The van der Waals surface area contributed by atoms with Gasteiger partial charge in [0.1, 0.15) is 11.6 Å². The van der Waals surface area contributed by atoms with Crippen molar-refractivity contribution in [1.29, 1.82) is 0 Å². The predicted molar refractivity (Wildman–Crippen MR) is 117 cm³/mol. The Balaban J connectivity index is 1.54. The highest BCUT2D eigenvalue weighted by Gasteiger charge is 2.22. The topological polar surface area (TPSA) is 76.4 Å². The second kappa shape index (κ2) is 8.98. The smallest absolute Gasteiger partial charge is 0.192 e. The van der Waals surface area contributed by atoms with Crippen LogP contribution in [0.2, 0.25) is 0 Å². The maximum absolute atomic E-state index is 5.81. The second-order valence-electron chi connectivity index (χ2n) is 7.54. The lowest BCUT2D eigenvalue weighted by atomic mass is 10.0. The van der Waals surface area contributed by atoms with E-state index in [4.69, 9.17) is 9.73 Å². The van der Waals surface area contributed by atoms with Gasteiger partial charge in [-0.15, -0.1) is 10.2 Å². The number of rotatable bonds is 5. The van der Waals surface area contributed by atoms with Crippen molar-refractivity contribution in [1.82, 2.24) is 25.4 Å². The number of ether oxygens (including phenoxy) is 1. The minimum Gasteiger partial charge on any atom is -0.493 e. The Morgan fingerprint density at radius 2 is 1.93 bits per heavy atom. The van der Waals surface area contributed by atoms with Gasteiger partial charge in [-0.05, 0) is 31.0 Å². The third-order valence-electron chi connectivity index (χ3n) is 5.53. The number of aryl methyl sites for hydroxylation is 2. The summed E-state index contributed by atoms with van der Waals surface area (Å²) in [6.45, 7) is 5.89. The van der Waals surface area contributed by atoms with E-state index < -0.39 is 0 Å². The first-order valence-corrected chi connectivity index (χ1v) is 10.3. The Kier molecular flexibility index (Phi) is 5.97. The van der Waals surface area contributed by atoms with Crippen molar-refractivity contribution >= 4 is 5.96 Å². The maximum atomic E-state index is 5.81. The van der Waals surface area contributed by atoms with Crippen LogP contribution in [-0.4, -0.2) is 27.3 Å². The standard InChI is InChI=1S/C23H28N6O/c1-16-8-4-5-9-18(16)14-24-23(25-15-22-28-27-17(2)29(22)3)26-20-12-13-30-21-11-7-6-10-19(20)21/h4-11,20H,12-15H2,1-3H3,(H2,24,25,26). The van der Waals surface area contributed by atoms with Gasteiger partial charge < -0.3 is 19.9 Å². The van der Waals surface area contributed by atoms with Crippen molar-refractivity contribution in [2.75, 3.05) is 6.61 Å². The Morgan fingerprint density at radius 3 is 2.73 bits per heavy atom. The number of guanidine groups is 1. The van der Waals surface area contributed by atoms with Gasteiger partial charge in [0.05, 0.1) is 25.7 Å². The zero-order valence-electron chi connectivity index (χ0n) is 17.7. The van der Waals surface area contributed by atoms with Gasteiger partial charge in [0, 0.05) is 19.0 Å². The lowest BCUT2D eigenvalue weighted by molar-refractivity contribution is 0.261. The molecule has 0 saturated carbocycles. The first kappa shape index (κ1) is 19.9. The zero-order chi connectivity index (χ0) is 20.9. The van der Waals surface area contributed by atoms with E-state index in [9.17, 15) is 0 Å². The summed E-state index contributed by atoms with van der Waals surface area (Å²) in [4.78, 5) is 4.87. The molecule has 1 aliphatic heterocycles. The molecule has 0 aliphatic carbocycles. The highest BCUT2D eigenvalue weighted by Crippen LogP contribution is 2.31. The number of nitrogens with zero attached hydrogens (tertiary/aromatic N) is 4. The minimum atomic E-state index is 0.138. The molecule has 2 N–H and O–H groups in total. The lowest BCUT2D eigenvalue weighted by Gasteiger charge is -2.28. The molecule has 30 heavy (non-hydrogen) atoms. The van der Waals surface area contributed by atoms with Gasteiger partial charge in [-0.25, -0.2) is 4.99 Å². The minimum absolute atomic E-state index is 0.138. The fourth-order valence-corrected chi connectivity index (χ4v) is 3.53. The molecule has 1 atom stereocenters. The number of para-hydroxylation sites is 1. The summed E-state index contributed by atoms with van der Waals surface area (Å²) in [5.74, 6) is 3.44. The zero-order valence-corrected chi connectivity index (χ0v) is 17.7. The van der Waals surface area contributed by atoms with E-state index in [-0.39, 0.29) is 6.04 Å². The fraction of sp³-hybridized carbons (Fsp3) is 0.348. The van der Waals surface area contributed by atoms with Crippen LogP contribution >= 0.6 is 0 Å². The van der Waals surface area contributed by atoms with Gasteiger partial charge in [0.2, 0.25) is 0 Å². The molecule has 0 radical (unpaired) electrons. The van der Waals surface area contributed by atoms with Crippen LogP contribution in [0.4, 0.5) is 0 Å². The summed E-state index contributed by atoms with van der Waals surface area (Å²) in [6.07, 6.45) is 0.880. The molecule has 0 saturated heterocycles. The normalized spacial score (nSPS) is 16.0. The van der Waals surface area contributed by atoms with Crippen LogP contribution in [0.1, 0.15) is 40.8 Å². The van der Waals surface area contributed by atoms with Gasteiger partial charge in [0.15, 0.2) is 11.8 Å². The molecule has 156 valence electrons. The molecular formula is C23H28N6O. The number of hydrogen-bond donors (Lipinski definition) is 2. The molecule has 1 aromatic heterocycles. The number of aromatic nitrogens is 3. The van der Waals surface area contributed by atoms with Crippen LogP contribution < -0.4 is 15.4 Å². The third-order valence-corrected chi connectivity index (χ3v) is 5.53. The van der Waals surface area contributed by atoms with Gasteiger partial charge in [0.25, 0.3) is 0 Å². The molecule has 0 spiro atoms. The van der Waals surface area contributed by atoms with Crippen LogP contribution in [0.3, 0.4) is 0 Å². The summed E-state index contributed by atoms with van der Waals surface area (Å²) in [7, 11) is 1.97. The molecular weight excluding hydrogens is 376 g/mol. The van der Waals surface area contributed by atoms with Crippen molar-refractivity contribution in [2.24, 2.45) is 12.0 Å². The molecule has 0 bridgehead atoms. The second-order valence-corrected chi connectivity index (χ2v) is 7.54. The fourth-order valence-electron chi connectivity index (χ4n) is 3.53. The molecule has 0 fully saturated rings. The van der Waals surface area contributed by atoms with Crippen LogP contribution in [-0.2, 0) is 20.1 Å². The van der Waals surface area contributed by atoms with E-state index in [0.29, 0.717) is 19.7 Å². The summed E-state index contributed by atoms with van der Waals surface area (Å²) in [6, 6.07) is 16.6. The third kappa shape index (κ3) is 4.45. The van der Waals surface area contributed by atoms with Crippen molar-refractivity contribution in [2.45, 2.75) is 39.4 Å². The number of nitrogens with one attached hydrogen (secondary N) is 2. The summed E-state index contributed by atoms with van der Waals surface area (Å²) in [5, 5.41) is 15.4. The number of benzene rings is 2. The number of aliphatic imine (C=N–C) groups is 1. The Bertz CT molecular complexity index is 1040. The molecule has 2 heterocycles. The van der Waals surface area contributed by atoms with Crippen molar-refractivity contribution in [3.05, 3.63) is 76.9 Å². The average Bonchev–Trinajstić information content (AvgIpc) is 3.09. The van der Waals surface area contributed by atoms with Crippen LogP contribution in [0.25, 0.3) is 0 Å². The van der Waals surface area contributed by atoms with Crippen LogP contribution in [0.5, 0.6) is 5.75 Å². The van der Waals surface area contributed by atoms with E-state index in [1.807, 2.05) is 36.7 Å². The number of hydrogen-bond acceptors (Lipinski definition) is 4. The van der Waals surface area contributed by atoms with Crippen LogP contribution in [0, 0.1) is 13.8 Å². The van der Waals surface area contributed by atoms with Crippen molar-refractivity contribution < 1.29 is 4.74 Å². The van der Waals surface area contributed by atoms with E-state index >= 15 is 0 Å². The molecule has 2 aromatic carbocycles. The van der Waals surface area contributed by atoms with Gasteiger partial charge in [-0.1, -0.05) is 42.5 Å². The van der Waals surface area contributed by atoms with E-state index in [1.165, 1.54) is 11.1 Å². The first-order valence-electron chi connectivity index (χ1n) is 10.3. The first-order chi connectivity index (χ1) is 14.6. The Labute approximate surface area is 177 Å². The molecule has 1 aliphatic rings. The predicted octanol–water partition coefficient (Wildman–Crippen LogP) is 3.19. The molecule has 3 aromatic rings. The van der Waals surface area contributed by atoms with E-state index in [0.717, 1.165) is 35.3 Å². The summed E-state index contributed by atoms with van der Waals surface area (Å²) in [5.41, 5.74) is 3.60. The maximum Gasteiger partial charge on any atom is 0.192 e. The molecule has 7 heteroatoms. The highest BCUT2D eigenvalue weighted by atomic mass is 16.5. The Morgan fingerprint density at radius 1 is 1.13 bits per heavy atom. The van der Waals surface area contributed by atoms with E-state index in [2.05, 4.69) is 58.1 Å². The van der Waals surface area contributed by atoms with E-state index in [1.54, 1.807) is 0 Å². The molecule has 1 unspecified atom stereocenters. The van der Waals surface area contributed by atoms with Gasteiger partial charge in [-0.2, -0.15) is 0 Å². The van der Waals surface area contributed by atoms with Crippen molar-refractivity contribution in [3.8, 4) is 5.75 Å². The lowest BCUT2D eigenvalue weighted by Crippen LogP contribution is -2.41. The molecule has 7 nitrogen and oxygen atoms in total. The molecule has 0 amide bonds. The van der Waals surface area contributed by atoms with Crippen molar-refractivity contribution in [3.63, 3.8) is 0 Å². The molecule has 4 rings (SSSR count). The van der Waals surface area contributed by atoms with Gasteiger partial charge in [-0.3, -0.25) is 0 Å². The summed E-state index contributed by atoms with van der Waals surface area (Å²) >= 11 is 0. The quantitative estimate of drug-likeness (QED) is 0.505. The van der Waals surface area contributed by atoms with Crippen LogP contribution in [0.15, 0.2) is 53.5 Å². The Hall–Kier alpha value is -3.35. The average molecular weight is 405 g/mol.